The van der Waals surface area contributed by atoms with Crippen LogP contribution in [-0.4, -0.2) is 54.0 Å². The lowest BCUT2D eigenvalue weighted by atomic mass is 10.1. The average Bonchev–Trinajstić information content (AvgIpc) is 3.42. The summed E-state index contributed by atoms with van der Waals surface area (Å²) in [6.07, 6.45) is 4.05. The molecule has 1 N–H and O–H groups in total. The highest BCUT2D eigenvalue weighted by molar-refractivity contribution is 7.90. The first-order valence-corrected chi connectivity index (χ1v) is 14.0. The largest absolute Gasteiger partial charge is 0.352 e. The fourth-order valence-electron chi connectivity index (χ4n) is 4.74. The molecule has 1 aliphatic carbocycles. The Morgan fingerprint density at radius 1 is 1.08 bits per heavy atom. The van der Waals surface area contributed by atoms with Crippen LogP contribution in [0.3, 0.4) is 0 Å². The molecule has 192 valence electrons. The minimum absolute atomic E-state index is 0.0111. The third-order valence-corrected chi connectivity index (χ3v) is 9.16. The number of carbonyl (C=O) groups excluding carboxylic acids is 3. The molecule has 1 heterocycles. The van der Waals surface area contributed by atoms with Crippen molar-refractivity contribution >= 4 is 50.9 Å². The number of carbonyl (C=O) groups is 3. The van der Waals surface area contributed by atoms with Crippen molar-refractivity contribution in [2.24, 2.45) is 0 Å². The van der Waals surface area contributed by atoms with Crippen LogP contribution in [0.15, 0.2) is 47.4 Å². The van der Waals surface area contributed by atoms with E-state index in [0.29, 0.717) is 19.9 Å². The fraction of sp³-hybridized carbons (Fsp3) is 0.400. The van der Waals surface area contributed by atoms with Gasteiger partial charge in [0.2, 0.25) is 11.8 Å². The standard InChI is InChI=1S/C25H27Cl2N3O5S/c1-2-21(24(32)28-16-8-3-4-9-16)29(14-18-19(26)11-7-12-20(18)27)23(31)15-30-25(33)17-10-5-6-13-22(17)36(30,34)35/h5-7,10-13,16,21H,2-4,8-9,14-15H2,1H3,(H,28,32)/t21-/m0/s1. The third-order valence-electron chi connectivity index (χ3n) is 6.67. The predicted octanol–water partition coefficient (Wildman–Crippen LogP) is 4.00. The average molecular weight is 552 g/mol. The molecule has 0 radical (unpaired) electrons. The normalized spacial score (nSPS) is 17.6. The van der Waals surface area contributed by atoms with E-state index in [4.69, 9.17) is 23.2 Å². The van der Waals surface area contributed by atoms with Gasteiger partial charge < -0.3 is 10.2 Å². The second kappa shape index (κ2) is 10.8. The Bertz CT molecular complexity index is 1270. The molecule has 2 aromatic rings. The van der Waals surface area contributed by atoms with Crippen LogP contribution in [0.2, 0.25) is 10.0 Å². The summed E-state index contributed by atoms with van der Waals surface area (Å²) in [6.45, 7) is 0.898. The van der Waals surface area contributed by atoms with Crippen molar-refractivity contribution in [1.82, 2.24) is 14.5 Å². The van der Waals surface area contributed by atoms with E-state index in [0.717, 1.165) is 25.7 Å². The van der Waals surface area contributed by atoms with Crippen molar-refractivity contribution in [3.05, 3.63) is 63.6 Å². The van der Waals surface area contributed by atoms with Crippen molar-refractivity contribution in [1.29, 1.82) is 0 Å². The van der Waals surface area contributed by atoms with Crippen molar-refractivity contribution < 1.29 is 22.8 Å². The van der Waals surface area contributed by atoms with Crippen LogP contribution in [0.4, 0.5) is 0 Å². The highest BCUT2D eigenvalue weighted by atomic mass is 35.5. The zero-order valence-electron chi connectivity index (χ0n) is 19.7. The third kappa shape index (κ3) is 5.10. The van der Waals surface area contributed by atoms with Crippen LogP contribution in [0, 0.1) is 0 Å². The molecular formula is C25H27Cl2N3O5S. The van der Waals surface area contributed by atoms with Gasteiger partial charge in [-0.3, -0.25) is 14.4 Å². The zero-order chi connectivity index (χ0) is 26.0. The summed E-state index contributed by atoms with van der Waals surface area (Å²) in [5.74, 6) is -1.82. The number of fused-ring (bicyclic) bond motifs is 1. The van der Waals surface area contributed by atoms with Gasteiger partial charge in [-0.05, 0) is 43.5 Å². The van der Waals surface area contributed by atoms with Crippen LogP contribution >= 0.6 is 23.2 Å². The van der Waals surface area contributed by atoms with Crippen molar-refractivity contribution in [3.63, 3.8) is 0 Å². The maximum atomic E-state index is 13.7. The molecule has 11 heteroatoms. The first-order valence-electron chi connectivity index (χ1n) is 11.8. The van der Waals surface area contributed by atoms with Gasteiger partial charge in [0.05, 0.1) is 5.56 Å². The Kier molecular flexibility index (Phi) is 7.92. The number of hydrogen-bond donors (Lipinski definition) is 1. The number of sulfonamides is 1. The molecular weight excluding hydrogens is 525 g/mol. The highest BCUT2D eigenvalue weighted by Crippen LogP contribution is 2.31. The van der Waals surface area contributed by atoms with Gasteiger partial charge in [0.1, 0.15) is 17.5 Å². The van der Waals surface area contributed by atoms with E-state index in [-0.39, 0.29) is 35.4 Å². The summed E-state index contributed by atoms with van der Waals surface area (Å²) < 4.78 is 26.6. The molecule has 0 bridgehead atoms. The van der Waals surface area contributed by atoms with Crippen molar-refractivity contribution in [2.45, 2.75) is 62.6 Å². The van der Waals surface area contributed by atoms with Gasteiger partial charge in [-0.15, -0.1) is 0 Å². The number of hydrogen-bond acceptors (Lipinski definition) is 5. The summed E-state index contributed by atoms with van der Waals surface area (Å²) in [7, 11) is -4.20. The van der Waals surface area contributed by atoms with E-state index < -0.39 is 34.4 Å². The number of nitrogens with zero attached hydrogens (tertiary/aromatic N) is 2. The molecule has 8 nitrogen and oxygen atoms in total. The molecule has 1 fully saturated rings. The zero-order valence-corrected chi connectivity index (χ0v) is 22.1. The van der Waals surface area contributed by atoms with E-state index in [1.807, 2.05) is 0 Å². The highest BCUT2D eigenvalue weighted by Gasteiger charge is 2.43. The molecule has 4 rings (SSSR count). The van der Waals surface area contributed by atoms with Crippen LogP contribution in [0.25, 0.3) is 0 Å². The maximum Gasteiger partial charge on any atom is 0.269 e. The van der Waals surface area contributed by atoms with Crippen LogP contribution in [0.1, 0.15) is 54.9 Å². The molecule has 1 saturated carbocycles. The Balaban J connectivity index is 1.65. The lowest BCUT2D eigenvalue weighted by molar-refractivity contribution is -0.141. The first-order chi connectivity index (χ1) is 17.1. The lowest BCUT2D eigenvalue weighted by Gasteiger charge is -2.33. The van der Waals surface area contributed by atoms with Gasteiger partial charge in [0, 0.05) is 28.2 Å². The molecule has 0 unspecified atom stereocenters. The number of rotatable bonds is 8. The van der Waals surface area contributed by atoms with Gasteiger partial charge in [-0.2, -0.15) is 0 Å². The van der Waals surface area contributed by atoms with Gasteiger partial charge in [0.15, 0.2) is 0 Å². The molecule has 2 aromatic carbocycles. The Morgan fingerprint density at radius 3 is 2.33 bits per heavy atom. The monoisotopic (exact) mass is 551 g/mol. The molecule has 36 heavy (non-hydrogen) atoms. The number of benzene rings is 2. The minimum Gasteiger partial charge on any atom is -0.352 e. The van der Waals surface area contributed by atoms with Crippen molar-refractivity contribution in [2.75, 3.05) is 6.54 Å². The second-order valence-electron chi connectivity index (χ2n) is 8.95. The summed E-state index contributed by atoms with van der Waals surface area (Å²) in [6, 6.07) is 9.84. The minimum atomic E-state index is -4.20. The molecule has 1 atom stereocenters. The van der Waals surface area contributed by atoms with Gasteiger partial charge >= 0.3 is 0 Å². The second-order valence-corrected chi connectivity index (χ2v) is 11.6. The molecule has 0 spiro atoms. The van der Waals surface area contributed by atoms with E-state index in [1.165, 1.54) is 23.1 Å². The van der Waals surface area contributed by atoms with E-state index in [1.54, 1.807) is 31.2 Å². The van der Waals surface area contributed by atoms with Crippen LogP contribution in [0.5, 0.6) is 0 Å². The lowest BCUT2D eigenvalue weighted by Crippen LogP contribution is -2.53. The Hall–Kier alpha value is -2.62. The quantitative estimate of drug-likeness (QED) is 0.533. The fourth-order valence-corrected chi connectivity index (χ4v) is 6.78. The van der Waals surface area contributed by atoms with Crippen LogP contribution in [-0.2, 0) is 26.2 Å². The number of amides is 3. The summed E-state index contributed by atoms with van der Waals surface area (Å²) in [5.41, 5.74) is 0.442. The maximum absolute atomic E-state index is 13.7. The first kappa shape index (κ1) is 26.4. The molecule has 0 saturated heterocycles. The van der Waals surface area contributed by atoms with E-state index >= 15 is 0 Å². The summed E-state index contributed by atoms with van der Waals surface area (Å²) >= 11 is 12.7. The molecule has 1 aliphatic heterocycles. The smallest absolute Gasteiger partial charge is 0.269 e. The number of halogens is 2. The summed E-state index contributed by atoms with van der Waals surface area (Å²) in [4.78, 5) is 40.9. The Morgan fingerprint density at radius 2 is 1.72 bits per heavy atom. The van der Waals surface area contributed by atoms with E-state index in [2.05, 4.69) is 5.32 Å². The van der Waals surface area contributed by atoms with Crippen molar-refractivity contribution in [3.8, 4) is 0 Å². The van der Waals surface area contributed by atoms with Gasteiger partial charge in [-0.1, -0.05) is 61.2 Å². The van der Waals surface area contributed by atoms with Crippen LogP contribution < -0.4 is 5.32 Å². The Labute approximate surface area is 220 Å². The predicted molar refractivity (Wildman–Crippen MR) is 136 cm³/mol. The molecule has 0 aromatic heterocycles. The summed E-state index contributed by atoms with van der Waals surface area (Å²) in [5, 5.41) is 3.63. The van der Waals surface area contributed by atoms with Gasteiger partial charge in [0.25, 0.3) is 15.9 Å². The molecule has 3 amide bonds. The van der Waals surface area contributed by atoms with Gasteiger partial charge in [-0.25, -0.2) is 12.7 Å². The van der Waals surface area contributed by atoms with E-state index in [9.17, 15) is 22.8 Å². The SMILES string of the molecule is CC[C@@H](C(=O)NC1CCCC1)N(Cc1c(Cl)cccc1Cl)C(=O)CN1C(=O)c2ccccc2S1(=O)=O. The molecule has 2 aliphatic rings. The number of nitrogens with one attached hydrogen (secondary N) is 1. The topological polar surface area (TPSA) is 104 Å².